The van der Waals surface area contributed by atoms with Gasteiger partial charge in [0.25, 0.3) is 0 Å². The van der Waals surface area contributed by atoms with Crippen molar-refractivity contribution in [2.45, 2.75) is 30.2 Å². The van der Waals surface area contributed by atoms with Crippen LogP contribution >= 0.6 is 0 Å². The maximum absolute atomic E-state index is 13.6. The molecule has 7 heteroatoms. The van der Waals surface area contributed by atoms with Gasteiger partial charge < -0.3 is 0 Å². The SMILES string of the molecule is N#CC1CCCCN1S(=O)(=O)c1cc(F)ccc1F. The van der Waals surface area contributed by atoms with Crippen molar-refractivity contribution in [2.24, 2.45) is 0 Å². The maximum Gasteiger partial charge on any atom is 0.247 e. The molecule has 0 spiro atoms. The third kappa shape index (κ3) is 2.60. The number of hydrogen-bond acceptors (Lipinski definition) is 3. The topological polar surface area (TPSA) is 61.2 Å². The number of hydrogen-bond donors (Lipinski definition) is 0. The molecule has 1 aromatic rings. The van der Waals surface area contributed by atoms with E-state index in [4.69, 9.17) is 5.26 Å². The molecule has 0 saturated carbocycles. The average Bonchev–Trinajstić information content (AvgIpc) is 2.41. The van der Waals surface area contributed by atoms with Crippen molar-refractivity contribution < 1.29 is 17.2 Å². The van der Waals surface area contributed by atoms with Gasteiger partial charge in [0.15, 0.2) is 0 Å². The van der Waals surface area contributed by atoms with Crippen LogP contribution in [-0.2, 0) is 10.0 Å². The van der Waals surface area contributed by atoms with E-state index in [9.17, 15) is 17.2 Å². The van der Waals surface area contributed by atoms with Gasteiger partial charge in [-0.15, -0.1) is 0 Å². The quantitative estimate of drug-likeness (QED) is 0.835. The van der Waals surface area contributed by atoms with Gasteiger partial charge in [0, 0.05) is 6.54 Å². The molecule has 1 heterocycles. The number of benzene rings is 1. The number of sulfonamides is 1. The van der Waals surface area contributed by atoms with Gasteiger partial charge in [-0.05, 0) is 37.5 Å². The highest BCUT2D eigenvalue weighted by Crippen LogP contribution is 2.26. The summed E-state index contributed by atoms with van der Waals surface area (Å²) in [4.78, 5) is -0.713. The van der Waals surface area contributed by atoms with Crippen molar-refractivity contribution in [1.29, 1.82) is 5.26 Å². The Labute approximate surface area is 110 Å². The average molecular weight is 286 g/mol. The monoisotopic (exact) mass is 286 g/mol. The summed E-state index contributed by atoms with van der Waals surface area (Å²) in [5.41, 5.74) is 0. The van der Waals surface area contributed by atoms with E-state index in [0.717, 1.165) is 22.9 Å². The first-order valence-corrected chi connectivity index (χ1v) is 7.27. The van der Waals surface area contributed by atoms with Crippen molar-refractivity contribution in [3.05, 3.63) is 29.8 Å². The fraction of sp³-hybridized carbons (Fsp3) is 0.417. The second kappa shape index (κ2) is 5.23. The third-order valence-electron chi connectivity index (χ3n) is 3.08. The van der Waals surface area contributed by atoms with Gasteiger partial charge in [0.2, 0.25) is 10.0 Å². The summed E-state index contributed by atoms with van der Waals surface area (Å²) in [5, 5.41) is 8.97. The summed E-state index contributed by atoms with van der Waals surface area (Å²) in [5.74, 6) is -1.84. The molecule has 1 fully saturated rings. The third-order valence-corrected chi connectivity index (χ3v) is 5.01. The van der Waals surface area contributed by atoms with Crippen LogP contribution in [0.15, 0.2) is 23.1 Å². The zero-order valence-electron chi connectivity index (χ0n) is 10.0. The van der Waals surface area contributed by atoms with Crippen LogP contribution in [0.3, 0.4) is 0 Å². The van der Waals surface area contributed by atoms with Gasteiger partial charge in [-0.1, -0.05) is 0 Å². The van der Waals surface area contributed by atoms with Crippen LogP contribution < -0.4 is 0 Å². The van der Waals surface area contributed by atoms with Gasteiger partial charge in [0.1, 0.15) is 22.6 Å². The van der Waals surface area contributed by atoms with Gasteiger partial charge in [0.05, 0.1) is 6.07 Å². The highest BCUT2D eigenvalue weighted by molar-refractivity contribution is 7.89. The summed E-state index contributed by atoms with van der Waals surface area (Å²) in [6, 6.07) is 3.35. The van der Waals surface area contributed by atoms with E-state index in [1.807, 2.05) is 6.07 Å². The molecule has 0 bridgehead atoms. The van der Waals surface area contributed by atoms with Crippen LogP contribution in [0.2, 0.25) is 0 Å². The van der Waals surface area contributed by atoms with Gasteiger partial charge in [-0.25, -0.2) is 17.2 Å². The summed E-state index contributed by atoms with van der Waals surface area (Å²) in [7, 11) is -4.18. The predicted octanol–water partition coefficient (Wildman–Crippen LogP) is 2.03. The van der Waals surface area contributed by atoms with Gasteiger partial charge in [-0.2, -0.15) is 9.57 Å². The van der Waals surface area contributed by atoms with Crippen LogP contribution in [-0.4, -0.2) is 25.3 Å². The lowest BCUT2D eigenvalue weighted by atomic mass is 10.1. The van der Waals surface area contributed by atoms with Crippen molar-refractivity contribution in [3.63, 3.8) is 0 Å². The molecule has 102 valence electrons. The molecule has 1 aliphatic rings. The molecular formula is C12H12F2N2O2S. The molecule has 1 aromatic carbocycles. The minimum atomic E-state index is -4.18. The fourth-order valence-corrected chi connectivity index (χ4v) is 3.81. The minimum Gasteiger partial charge on any atom is -0.207 e. The zero-order chi connectivity index (χ0) is 14.0. The predicted molar refractivity (Wildman–Crippen MR) is 63.5 cm³/mol. The zero-order valence-corrected chi connectivity index (χ0v) is 10.8. The van der Waals surface area contributed by atoms with Crippen LogP contribution in [0.5, 0.6) is 0 Å². The van der Waals surface area contributed by atoms with Gasteiger partial charge in [-0.3, -0.25) is 0 Å². The molecule has 1 atom stereocenters. The van der Waals surface area contributed by atoms with Crippen molar-refractivity contribution >= 4 is 10.0 Å². The molecular weight excluding hydrogens is 274 g/mol. The smallest absolute Gasteiger partial charge is 0.207 e. The first-order valence-electron chi connectivity index (χ1n) is 5.83. The van der Waals surface area contributed by atoms with E-state index in [1.165, 1.54) is 0 Å². The Hall–Kier alpha value is -1.52. The van der Waals surface area contributed by atoms with Crippen LogP contribution in [0.4, 0.5) is 8.78 Å². The molecule has 1 unspecified atom stereocenters. The first-order chi connectivity index (χ1) is 8.96. The van der Waals surface area contributed by atoms with Crippen LogP contribution in [0.1, 0.15) is 19.3 Å². The Balaban J connectivity index is 2.47. The first kappa shape index (κ1) is 13.9. The lowest BCUT2D eigenvalue weighted by Crippen LogP contribution is -2.43. The second-order valence-corrected chi connectivity index (χ2v) is 6.19. The van der Waals surface area contributed by atoms with Crippen LogP contribution in [0, 0.1) is 23.0 Å². The van der Waals surface area contributed by atoms with E-state index in [2.05, 4.69) is 0 Å². The van der Waals surface area contributed by atoms with Crippen molar-refractivity contribution in [2.75, 3.05) is 6.54 Å². The van der Waals surface area contributed by atoms with Crippen LogP contribution in [0.25, 0.3) is 0 Å². The summed E-state index contributed by atoms with van der Waals surface area (Å²) in [6.07, 6.45) is 1.76. The standard InChI is InChI=1S/C12H12F2N2O2S/c13-9-4-5-11(14)12(7-9)19(17,18)16-6-2-1-3-10(16)8-15/h4-5,7,10H,1-3,6H2. The Kier molecular flexibility index (Phi) is 3.83. The molecule has 0 N–H and O–H groups in total. The summed E-state index contributed by atoms with van der Waals surface area (Å²) < 4.78 is 52.3. The normalized spacial score (nSPS) is 21.0. The molecule has 1 saturated heterocycles. The van der Waals surface area contributed by atoms with E-state index in [-0.39, 0.29) is 6.54 Å². The molecule has 0 aromatic heterocycles. The Morgan fingerprint density at radius 3 is 2.74 bits per heavy atom. The fourth-order valence-electron chi connectivity index (χ4n) is 2.12. The summed E-state index contributed by atoms with van der Waals surface area (Å²) >= 11 is 0. The molecule has 0 amide bonds. The highest BCUT2D eigenvalue weighted by atomic mass is 32.2. The summed E-state index contributed by atoms with van der Waals surface area (Å²) in [6.45, 7) is 0.149. The van der Waals surface area contributed by atoms with E-state index in [1.54, 1.807) is 0 Å². The molecule has 4 nitrogen and oxygen atoms in total. The highest BCUT2D eigenvalue weighted by Gasteiger charge is 2.35. The Morgan fingerprint density at radius 2 is 2.05 bits per heavy atom. The minimum absolute atomic E-state index is 0.149. The molecule has 0 radical (unpaired) electrons. The number of piperidine rings is 1. The number of halogens is 2. The molecule has 2 rings (SSSR count). The Bertz CT molecular complexity index is 625. The second-order valence-electron chi connectivity index (χ2n) is 4.33. The van der Waals surface area contributed by atoms with Crippen molar-refractivity contribution in [3.8, 4) is 6.07 Å². The number of nitrogens with zero attached hydrogens (tertiary/aromatic N) is 2. The van der Waals surface area contributed by atoms with E-state index < -0.39 is 32.6 Å². The maximum atomic E-state index is 13.6. The van der Waals surface area contributed by atoms with E-state index >= 15 is 0 Å². The van der Waals surface area contributed by atoms with Gasteiger partial charge >= 0.3 is 0 Å². The van der Waals surface area contributed by atoms with Crippen molar-refractivity contribution in [1.82, 2.24) is 4.31 Å². The van der Waals surface area contributed by atoms with E-state index in [0.29, 0.717) is 18.9 Å². The number of rotatable bonds is 2. The number of nitriles is 1. The lowest BCUT2D eigenvalue weighted by molar-refractivity contribution is 0.296. The molecule has 1 aliphatic heterocycles. The molecule has 19 heavy (non-hydrogen) atoms. The largest absolute Gasteiger partial charge is 0.247 e. The lowest BCUT2D eigenvalue weighted by Gasteiger charge is -2.30. The Morgan fingerprint density at radius 1 is 1.32 bits per heavy atom. The molecule has 0 aliphatic carbocycles.